The van der Waals surface area contributed by atoms with Gasteiger partial charge < -0.3 is 10.1 Å². The molecule has 0 amide bonds. The Morgan fingerprint density at radius 2 is 2.12 bits per heavy atom. The molecule has 4 heteroatoms. The van der Waals surface area contributed by atoms with Crippen molar-refractivity contribution in [1.82, 2.24) is 9.97 Å². The maximum absolute atomic E-state index is 5.19. The van der Waals surface area contributed by atoms with E-state index in [2.05, 4.69) is 36.1 Å². The number of ether oxygens (including phenoxy) is 1. The van der Waals surface area contributed by atoms with Crippen LogP contribution in [0.3, 0.4) is 0 Å². The van der Waals surface area contributed by atoms with E-state index >= 15 is 0 Å². The molecule has 0 saturated carbocycles. The molecular formula is C13H23N3O. The molecule has 0 spiro atoms. The molecule has 0 aromatic carbocycles. The summed E-state index contributed by atoms with van der Waals surface area (Å²) in [5.74, 6) is 2.89. The maximum atomic E-state index is 5.19. The second kappa shape index (κ2) is 7.09. The summed E-state index contributed by atoms with van der Waals surface area (Å²) in [7, 11) is 1.64. The summed E-state index contributed by atoms with van der Waals surface area (Å²) in [4.78, 5) is 8.84. The fraction of sp³-hybridized carbons (Fsp3) is 0.692. The van der Waals surface area contributed by atoms with Crippen LogP contribution in [0.25, 0.3) is 0 Å². The third kappa shape index (κ3) is 5.02. The van der Waals surface area contributed by atoms with Crippen molar-refractivity contribution in [2.75, 3.05) is 19.0 Å². The molecule has 0 saturated heterocycles. The van der Waals surface area contributed by atoms with E-state index in [1.807, 2.05) is 6.07 Å². The number of nitrogens with zero attached hydrogens (tertiary/aromatic N) is 2. The minimum Gasteiger partial charge on any atom is -0.481 e. The number of unbranched alkanes of at least 4 members (excludes halogenated alkanes) is 1. The lowest BCUT2D eigenvalue weighted by Gasteiger charge is -2.10. The van der Waals surface area contributed by atoms with Crippen molar-refractivity contribution in [1.29, 1.82) is 0 Å². The first-order valence-corrected chi connectivity index (χ1v) is 6.31. The van der Waals surface area contributed by atoms with Gasteiger partial charge in [0.15, 0.2) is 0 Å². The quantitative estimate of drug-likeness (QED) is 0.741. The zero-order valence-electron chi connectivity index (χ0n) is 11.3. The first-order valence-electron chi connectivity index (χ1n) is 6.31. The van der Waals surface area contributed by atoms with Crippen molar-refractivity contribution >= 4 is 5.82 Å². The van der Waals surface area contributed by atoms with Crippen LogP contribution < -0.4 is 10.1 Å². The third-order valence-corrected chi connectivity index (χ3v) is 2.39. The lowest BCUT2D eigenvalue weighted by Crippen LogP contribution is -2.08. The summed E-state index contributed by atoms with van der Waals surface area (Å²) in [5, 5.41) is 3.30. The van der Waals surface area contributed by atoms with E-state index in [-0.39, 0.29) is 0 Å². The standard InChI is InChI=1S/C13H23N3O/c1-5-6-7-14-11-9-13(17-4)16-12(15-11)8-10(2)3/h9-10H,5-8H2,1-4H3,(H,14,15,16). The van der Waals surface area contributed by atoms with Crippen molar-refractivity contribution < 1.29 is 4.74 Å². The van der Waals surface area contributed by atoms with E-state index in [1.54, 1.807) is 7.11 Å². The van der Waals surface area contributed by atoms with Gasteiger partial charge in [0, 0.05) is 19.0 Å². The van der Waals surface area contributed by atoms with Crippen LogP contribution in [-0.2, 0) is 6.42 Å². The SMILES string of the molecule is CCCCNc1cc(OC)nc(CC(C)C)n1. The van der Waals surface area contributed by atoms with Gasteiger partial charge in [-0.2, -0.15) is 4.98 Å². The van der Waals surface area contributed by atoms with Gasteiger partial charge in [-0.1, -0.05) is 27.2 Å². The Kier molecular flexibility index (Phi) is 5.73. The highest BCUT2D eigenvalue weighted by atomic mass is 16.5. The number of nitrogens with one attached hydrogen (secondary N) is 1. The zero-order valence-corrected chi connectivity index (χ0v) is 11.3. The molecule has 0 aliphatic carbocycles. The van der Waals surface area contributed by atoms with Gasteiger partial charge in [0.1, 0.15) is 11.6 Å². The number of rotatable bonds is 7. The topological polar surface area (TPSA) is 47.0 Å². The third-order valence-electron chi connectivity index (χ3n) is 2.39. The van der Waals surface area contributed by atoms with E-state index in [4.69, 9.17) is 4.74 Å². The minimum absolute atomic E-state index is 0.547. The van der Waals surface area contributed by atoms with Crippen LogP contribution in [0.15, 0.2) is 6.07 Å². The van der Waals surface area contributed by atoms with Crippen LogP contribution in [0.2, 0.25) is 0 Å². The molecule has 1 rings (SSSR count). The molecule has 1 aromatic rings. The van der Waals surface area contributed by atoms with Crippen LogP contribution in [0.4, 0.5) is 5.82 Å². The summed E-state index contributed by atoms with van der Waals surface area (Å²) in [6.45, 7) is 7.43. The van der Waals surface area contributed by atoms with Crippen molar-refractivity contribution in [2.24, 2.45) is 5.92 Å². The lowest BCUT2D eigenvalue weighted by atomic mass is 10.1. The highest BCUT2D eigenvalue weighted by Crippen LogP contribution is 2.15. The maximum Gasteiger partial charge on any atom is 0.218 e. The first kappa shape index (κ1) is 13.7. The van der Waals surface area contributed by atoms with E-state index < -0.39 is 0 Å². The summed E-state index contributed by atoms with van der Waals surface area (Å²) in [6.07, 6.45) is 3.19. The predicted molar refractivity (Wildman–Crippen MR) is 70.5 cm³/mol. The number of methoxy groups -OCH3 is 1. The summed E-state index contributed by atoms with van der Waals surface area (Å²) in [6, 6.07) is 1.85. The molecule has 0 bridgehead atoms. The van der Waals surface area contributed by atoms with Gasteiger partial charge in [0.2, 0.25) is 5.88 Å². The van der Waals surface area contributed by atoms with Crippen LogP contribution in [-0.4, -0.2) is 23.6 Å². The van der Waals surface area contributed by atoms with Crippen molar-refractivity contribution in [3.05, 3.63) is 11.9 Å². The molecule has 0 atom stereocenters. The Morgan fingerprint density at radius 3 is 2.71 bits per heavy atom. The van der Waals surface area contributed by atoms with E-state index in [1.165, 1.54) is 6.42 Å². The average molecular weight is 237 g/mol. The van der Waals surface area contributed by atoms with Crippen molar-refractivity contribution in [3.63, 3.8) is 0 Å². The molecule has 0 radical (unpaired) electrons. The Bertz CT molecular complexity index is 339. The van der Waals surface area contributed by atoms with E-state index in [0.717, 1.165) is 31.0 Å². The molecule has 0 unspecified atom stereocenters. The largest absolute Gasteiger partial charge is 0.481 e. The van der Waals surface area contributed by atoms with Crippen molar-refractivity contribution in [2.45, 2.75) is 40.0 Å². The lowest BCUT2D eigenvalue weighted by molar-refractivity contribution is 0.394. The second-order valence-electron chi connectivity index (χ2n) is 4.59. The molecular weight excluding hydrogens is 214 g/mol. The molecule has 0 aliphatic heterocycles. The summed E-state index contributed by atoms with van der Waals surface area (Å²) < 4.78 is 5.19. The van der Waals surface area contributed by atoms with Gasteiger partial charge in [-0.05, 0) is 12.3 Å². The monoisotopic (exact) mass is 237 g/mol. The van der Waals surface area contributed by atoms with Crippen LogP contribution in [0.1, 0.15) is 39.4 Å². The molecule has 96 valence electrons. The van der Waals surface area contributed by atoms with Gasteiger partial charge >= 0.3 is 0 Å². The number of anilines is 1. The van der Waals surface area contributed by atoms with Gasteiger partial charge in [-0.15, -0.1) is 0 Å². The normalized spacial score (nSPS) is 10.6. The molecule has 1 N–H and O–H groups in total. The molecule has 4 nitrogen and oxygen atoms in total. The van der Waals surface area contributed by atoms with E-state index in [0.29, 0.717) is 11.8 Å². The number of aromatic nitrogens is 2. The van der Waals surface area contributed by atoms with E-state index in [9.17, 15) is 0 Å². The molecule has 1 aromatic heterocycles. The molecule has 1 heterocycles. The van der Waals surface area contributed by atoms with Gasteiger partial charge in [-0.25, -0.2) is 4.98 Å². The number of hydrogen-bond acceptors (Lipinski definition) is 4. The van der Waals surface area contributed by atoms with Crippen LogP contribution >= 0.6 is 0 Å². The van der Waals surface area contributed by atoms with Gasteiger partial charge in [0.05, 0.1) is 7.11 Å². The highest BCUT2D eigenvalue weighted by molar-refractivity contribution is 5.38. The second-order valence-corrected chi connectivity index (χ2v) is 4.59. The Labute approximate surface area is 104 Å². The van der Waals surface area contributed by atoms with Crippen LogP contribution in [0.5, 0.6) is 5.88 Å². The molecule has 0 fully saturated rings. The predicted octanol–water partition coefficient (Wildman–Crippen LogP) is 2.90. The summed E-state index contributed by atoms with van der Waals surface area (Å²) >= 11 is 0. The first-order chi connectivity index (χ1) is 8.15. The Hall–Kier alpha value is -1.32. The van der Waals surface area contributed by atoms with Crippen molar-refractivity contribution in [3.8, 4) is 5.88 Å². The Balaban J connectivity index is 2.74. The smallest absolute Gasteiger partial charge is 0.218 e. The average Bonchev–Trinajstić information content (AvgIpc) is 2.28. The molecule has 0 aliphatic rings. The summed E-state index contributed by atoms with van der Waals surface area (Å²) in [5.41, 5.74) is 0. The van der Waals surface area contributed by atoms with Gasteiger partial charge in [0.25, 0.3) is 0 Å². The van der Waals surface area contributed by atoms with Crippen LogP contribution in [0, 0.1) is 5.92 Å². The molecule has 17 heavy (non-hydrogen) atoms. The highest BCUT2D eigenvalue weighted by Gasteiger charge is 2.06. The minimum atomic E-state index is 0.547. The van der Waals surface area contributed by atoms with Gasteiger partial charge in [-0.3, -0.25) is 0 Å². The fourth-order valence-electron chi connectivity index (χ4n) is 1.52. The fourth-order valence-corrected chi connectivity index (χ4v) is 1.52. The zero-order chi connectivity index (χ0) is 12.7. The number of hydrogen-bond donors (Lipinski definition) is 1. The Morgan fingerprint density at radius 1 is 1.35 bits per heavy atom.